The summed E-state index contributed by atoms with van der Waals surface area (Å²) in [6, 6.07) is 4.00. The minimum atomic E-state index is 0.225. The smallest absolute Gasteiger partial charge is 0.186 e. The third-order valence-corrected chi connectivity index (χ3v) is 4.72. The fourth-order valence-corrected chi connectivity index (χ4v) is 3.79. The van der Waals surface area contributed by atoms with Gasteiger partial charge >= 0.3 is 0 Å². The summed E-state index contributed by atoms with van der Waals surface area (Å²) in [6.45, 7) is 6.40. The van der Waals surface area contributed by atoms with Crippen LogP contribution in [0.4, 0.5) is 5.13 Å². The number of thiazole rings is 1. The van der Waals surface area contributed by atoms with Crippen molar-refractivity contribution in [1.82, 2.24) is 9.97 Å². The second-order valence-corrected chi connectivity index (χ2v) is 6.35. The lowest BCUT2D eigenvalue weighted by Crippen LogP contribution is -2.45. The van der Waals surface area contributed by atoms with E-state index in [-0.39, 0.29) is 12.2 Å². The molecule has 1 aliphatic rings. The summed E-state index contributed by atoms with van der Waals surface area (Å²) in [5.41, 5.74) is 7.95. The van der Waals surface area contributed by atoms with Crippen LogP contribution in [0, 0.1) is 0 Å². The molecule has 0 saturated carbocycles. The van der Waals surface area contributed by atoms with Crippen LogP contribution in [0.1, 0.15) is 19.5 Å². The molecule has 112 valence electrons. The quantitative estimate of drug-likeness (QED) is 0.942. The molecular formula is C15H20N4OS. The molecule has 2 atom stereocenters. The Hall–Kier alpha value is -1.50. The number of morpholine rings is 1. The Balaban J connectivity index is 1.92. The monoisotopic (exact) mass is 304 g/mol. The van der Waals surface area contributed by atoms with E-state index < -0.39 is 0 Å². The molecule has 0 amide bonds. The van der Waals surface area contributed by atoms with E-state index >= 15 is 0 Å². The number of pyridine rings is 1. The maximum absolute atomic E-state index is 5.87. The molecule has 2 unspecified atom stereocenters. The zero-order chi connectivity index (χ0) is 14.8. The summed E-state index contributed by atoms with van der Waals surface area (Å²) in [4.78, 5) is 12.2. The molecular weight excluding hydrogens is 284 g/mol. The van der Waals surface area contributed by atoms with E-state index in [9.17, 15) is 0 Å². The zero-order valence-corrected chi connectivity index (χ0v) is 13.1. The predicted molar refractivity (Wildman–Crippen MR) is 85.5 cm³/mol. The molecule has 3 rings (SSSR count). The summed E-state index contributed by atoms with van der Waals surface area (Å²) >= 11 is 1.70. The maximum atomic E-state index is 5.87. The number of hydrogen-bond donors (Lipinski definition) is 1. The van der Waals surface area contributed by atoms with Crippen LogP contribution in [0.2, 0.25) is 0 Å². The van der Waals surface area contributed by atoms with Crippen LogP contribution in [-0.2, 0) is 11.3 Å². The number of nitrogens with two attached hydrogens (primary N) is 1. The van der Waals surface area contributed by atoms with Gasteiger partial charge in [0.25, 0.3) is 0 Å². The molecule has 21 heavy (non-hydrogen) atoms. The summed E-state index contributed by atoms with van der Waals surface area (Å²) in [6.07, 6.45) is 4.05. The van der Waals surface area contributed by atoms with Crippen molar-refractivity contribution in [3.63, 3.8) is 0 Å². The number of aromatic nitrogens is 2. The Morgan fingerprint density at radius 2 is 1.95 bits per heavy atom. The van der Waals surface area contributed by atoms with Gasteiger partial charge in [0.05, 0.1) is 22.8 Å². The van der Waals surface area contributed by atoms with Crippen LogP contribution < -0.4 is 10.6 Å². The van der Waals surface area contributed by atoms with Crippen LogP contribution >= 0.6 is 11.3 Å². The van der Waals surface area contributed by atoms with Gasteiger partial charge in [-0.15, -0.1) is 0 Å². The molecule has 1 saturated heterocycles. The van der Waals surface area contributed by atoms with E-state index in [4.69, 9.17) is 15.5 Å². The molecule has 2 N–H and O–H groups in total. The SMILES string of the molecule is CC1CN(c2nc(CN)c(-c3ccncc3)s2)CC(C)O1. The third-order valence-electron chi connectivity index (χ3n) is 3.51. The Labute approximate surface area is 128 Å². The molecule has 2 aromatic heterocycles. The number of hydrogen-bond acceptors (Lipinski definition) is 6. The van der Waals surface area contributed by atoms with E-state index in [1.807, 2.05) is 12.1 Å². The Morgan fingerprint density at radius 1 is 1.29 bits per heavy atom. The molecule has 2 aromatic rings. The lowest BCUT2D eigenvalue weighted by Gasteiger charge is -2.35. The van der Waals surface area contributed by atoms with Crippen LogP contribution in [0.3, 0.4) is 0 Å². The summed E-state index contributed by atoms with van der Waals surface area (Å²) < 4.78 is 5.79. The molecule has 1 fully saturated rings. The summed E-state index contributed by atoms with van der Waals surface area (Å²) in [5.74, 6) is 0. The molecule has 3 heterocycles. The second kappa shape index (κ2) is 6.09. The Morgan fingerprint density at radius 3 is 2.57 bits per heavy atom. The predicted octanol–water partition coefficient (Wildman–Crippen LogP) is 2.28. The summed E-state index contributed by atoms with van der Waals surface area (Å²) in [5, 5.41) is 1.03. The van der Waals surface area contributed by atoms with E-state index in [0.717, 1.165) is 34.4 Å². The lowest BCUT2D eigenvalue weighted by molar-refractivity contribution is -0.00523. The van der Waals surface area contributed by atoms with Crippen LogP contribution in [0.25, 0.3) is 10.4 Å². The number of ether oxygens (including phenoxy) is 1. The van der Waals surface area contributed by atoms with Crippen molar-refractivity contribution in [3.05, 3.63) is 30.2 Å². The topological polar surface area (TPSA) is 64.3 Å². The highest BCUT2D eigenvalue weighted by Gasteiger charge is 2.25. The van der Waals surface area contributed by atoms with Gasteiger partial charge in [0.1, 0.15) is 0 Å². The lowest BCUT2D eigenvalue weighted by atomic mass is 10.2. The highest BCUT2D eigenvalue weighted by molar-refractivity contribution is 7.19. The van der Waals surface area contributed by atoms with Crippen molar-refractivity contribution < 1.29 is 4.74 Å². The van der Waals surface area contributed by atoms with Crippen molar-refractivity contribution >= 4 is 16.5 Å². The number of nitrogens with zero attached hydrogens (tertiary/aromatic N) is 3. The average Bonchev–Trinajstić information content (AvgIpc) is 2.91. The second-order valence-electron chi connectivity index (χ2n) is 5.37. The molecule has 0 spiro atoms. The van der Waals surface area contributed by atoms with Gasteiger partial charge in [0, 0.05) is 32.0 Å². The minimum Gasteiger partial charge on any atom is -0.372 e. The van der Waals surface area contributed by atoms with Gasteiger partial charge in [-0.1, -0.05) is 11.3 Å². The normalized spacial score (nSPS) is 22.5. The van der Waals surface area contributed by atoms with Crippen molar-refractivity contribution in [3.8, 4) is 10.4 Å². The first kappa shape index (κ1) is 14.4. The van der Waals surface area contributed by atoms with Gasteiger partial charge in [-0.05, 0) is 31.5 Å². The number of anilines is 1. The van der Waals surface area contributed by atoms with Crippen LogP contribution in [0.15, 0.2) is 24.5 Å². The molecule has 0 aliphatic carbocycles. The Bertz CT molecular complexity index is 591. The Kier molecular flexibility index (Phi) is 4.19. The zero-order valence-electron chi connectivity index (χ0n) is 12.3. The van der Waals surface area contributed by atoms with E-state index in [2.05, 4.69) is 23.7 Å². The van der Waals surface area contributed by atoms with Gasteiger partial charge in [0.15, 0.2) is 5.13 Å². The van der Waals surface area contributed by atoms with Gasteiger partial charge < -0.3 is 15.4 Å². The molecule has 5 nitrogen and oxygen atoms in total. The van der Waals surface area contributed by atoms with Crippen molar-refractivity contribution in [2.24, 2.45) is 5.73 Å². The van der Waals surface area contributed by atoms with Gasteiger partial charge in [0.2, 0.25) is 0 Å². The van der Waals surface area contributed by atoms with E-state index in [1.54, 1.807) is 23.7 Å². The minimum absolute atomic E-state index is 0.225. The first-order valence-corrected chi connectivity index (χ1v) is 7.99. The van der Waals surface area contributed by atoms with Gasteiger partial charge in [-0.25, -0.2) is 4.98 Å². The van der Waals surface area contributed by atoms with Gasteiger partial charge in [-0.3, -0.25) is 4.98 Å². The number of rotatable bonds is 3. The first-order valence-electron chi connectivity index (χ1n) is 7.18. The fourth-order valence-electron chi connectivity index (χ4n) is 2.68. The largest absolute Gasteiger partial charge is 0.372 e. The van der Waals surface area contributed by atoms with E-state index in [0.29, 0.717) is 6.54 Å². The summed E-state index contributed by atoms with van der Waals surface area (Å²) in [7, 11) is 0. The van der Waals surface area contributed by atoms with Crippen LogP contribution in [0.5, 0.6) is 0 Å². The average molecular weight is 304 g/mol. The van der Waals surface area contributed by atoms with Gasteiger partial charge in [-0.2, -0.15) is 0 Å². The highest BCUT2D eigenvalue weighted by atomic mass is 32.1. The molecule has 6 heteroatoms. The molecule has 0 aromatic carbocycles. The maximum Gasteiger partial charge on any atom is 0.186 e. The first-order chi connectivity index (χ1) is 10.2. The third kappa shape index (κ3) is 3.07. The van der Waals surface area contributed by atoms with Crippen molar-refractivity contribution in [1.29, 1.82) is 0 Å². The molecule has 0 bridgehead atoms. The van der Waals surface area contributed by atoms with E-state index in [1.165, 1.54) is 0 Å². The highest BCUT2D eigenvalue weighted by Crippen LogP contribution is 2.35. The molecule has 1 aliphatic heterocycles. The van der Waals surface area contributed by atoms with Crippen LogP contribution in [-0.4, -0.2) is 35.3 Å². The van der Waals surface area contributed by atoms with Crippen molar-refractivity contribution in [2.45, 2.75) is 32.6 Å². The van der Waals surface area contributed by atoms with Crippen molar-refractivity contribution in [2.75, 3.05) is 18.0 Å². The standard InChI is InChI=1S/C15H20N4OS/c1-10-8-19(9-11(2)20-10)15-18-13(7-16)14(21-15)12-3-5-17-6-4-12/h3-6,10-11H,7-9,16H2,1-2H3. The molecule has 0 radical (unpaired) electrons. The fraction of sp³-hybridized carbons (Fsp3) is 0.467.